The van der Waals surface area contributed by atoms with Gasteiger partial charge in [-0.05, 0) is 13.8 Å². The minimum atomic E-state index is 0.993. The Hall–Kier alpha value is -1.38. The summed E-state index contributed by atoms with van der Waals surface area (Å²) in [4.78, 5) is 4.42. The molecule has 2 rings (SSSR count). The van der Waals surface area contributed by atoms with Crippen molar-refractivity contribution in [2.75, 3.05) is 0 Å². The lowest BCUT2D eigenvalue weighted by Gasteiger charge is -1.93. The Morgan fingerprint density at radius 2 is 2.17 bits per heavy atom. The van der Waals surface area contributed by atoms with Crippen molar-refractivity contribution in [2.45, 2.75) is 13.8 Å². The van der Waals surface area contributed by atoms with Gasteiger partial charge in [0, 0.05) is 6.07 Å². The number of hydrogen-bond acceptors (Lipinski definition) is 1. The summed E-state index contributed by atoms with van der Waals surface area (Å²) in [5.41, 5.74) is 2.28. The quantitative estimate of drug-likeness (QED) is 0.524. The maximum absolute atomic E-state index is 4.42. The van der Waals surface area contributed by atoms with E-state index in [1.807, 2.05) is 30.9 Å². The molecule has 0 atom stereocenters. The zero-order valence-corrected chi connectivity index (χ0v) is 7.57. The summed E-state index contributed by atoms with van der Waals surface area (Å²) >= 11 is 0. The van der Waals surface area contributed by atoms with Crippen LogP contribution >= 0.6 is 0 Å². The summed E-state index contributed by atoms with van der Waals surface area (Å²) in [6, 6.07) is 2.08. The van der Waals surface area contributed by atoms with Crippen LogP contribution in [-0.4, -0.2) is 9.38 Å². The van der Waals surface area contributed by atoms with Gasteiger partial charge in [0.1, 0.15) is 11.9 Å². The summed E-state index contributed by atoms with van der Waals surface area (Å²) in [5.74, 6) is 0.993. The van der Waals surface area contributed by atoms with Crippen LogP contribution in [0, 0.1) is 13.8 Å². The van der Waals surface area contributed by atoms with Crippen molar-refractivity contribution < 1.29 is 4.57 Å². The first-order valence-corrected chi connectivity index (χ1v) is 3.99. The van der Waals surface area contributed by atoms with E-state index >= 15 is 0 Å². The third-order valence-electron chi connectivity index (χ3n) is 2.04. The molecule has 0 unspecified atom stereocenters. The minimum absolute atomic E-state index is 0.993. The third kappa shape index (κ3) is 0.897. The van der Waals surface area contributed by atoms with Gasteiger partial charge in [-0.25, -0.2) is 8.97 Å². The lowest BCUT2D eigenvalue weighted by atomic mass is 10.3. The molecular formula is C9H12N3+. The van der Waals surface area contributed by atoms with E-state index in [2.05, 4.69) is 22.4 Å². The van der Waals surface area contributed by atoms with Gasteiger partial charge in [0.2, 0.25) is 0 Å². The van der Waals surface area contributed by atoms with Crippen molar-refractivity contribution in [1.82, 2.24) is 9.38 Å². The lowest BCUT2D eigenvalue weighted by Crippen LogP contribution is -2.27. The molecule has 0 aliphatic heterocycles. The second kappa shape index (κ2) is 2.30. The summed E-state index contributed by atoms with van der Waals surface area (Å²) in [7, 11) is 2.00. The van der Waals surface area contributed by atoms with Gasteiger partial charge in [0.15, 0.2) is 0 Å². The van der Waals surface area contributed by atoms with Crippen LogP contribution < -0.4 is 4.57 Å². The largest absolute Gasteiger partial charge is 0.403 e. The number of nitrogens with zero attached hydrogens (tertiary/aromatic N) is 3. The predicted molar refractivity (Wildman–Crippen MR) is 45.8 cm³/mol. The first-order valence-electron chi connectivity index (χ1n) is 3.99. The van der Waals surface area contributed by atoms with Crippen molar-refractivity contribution >= 4 is 5.78 Å². The van der Waals surface area contributed by atoms with Crippen molar-refractivity contribution in [1.29, 1.82) is 0 Å². The molecule has 2 heterocycles. The fourth-order valence-corrected chi connectivity index (χ4v) is 1.44. The Morgan fingerprint density at radius 3 is 2.92 bits per heavy atom. The maximum Gasteiger partial charge on any atom is 0.403 e. The first kappa shape index (κ1) is 7.28. The Balaban J connectivity index is 2.92. The number of aromatic nitrogens is 3. The average molecular weight is 162 g/mol. The van der Waals surface area contributed by atoms with Crippen LogP contribution in [-0.2, 0) is 7.05 Å². The molecule has 2 aromatic rings. The molecule has 2 aromatic heterocycles. The van der Waals surface area contributed by atoms with E-state index in [0.29, 0.717) is 0 Å². The van der Waals surface area contributed by atoms with Gasteiger partial charge in [-0.1, -0.05) is 4.98 Å². The molecule has 0 fully saturated rings. The molecule has 0 aliphatic carbocycles. The number of aryl methyl sites for hydroxylation is 3. The van der Waals surface area contributed by atoms with E-state index in [9.17, 15) is 0 Å². The Morgan fingerprint density at radius 1 is 1.42 bits per heavy atom. The molecule has 0 aromatic carbocycles. The van der Waals surface area contributed by atoms with Gasteiger partial charge in [-0.15, -0.1) is 0 Å². The fourth-order valence-electron chi connectivity index (χ4n) is 1.44. The molecule has 0 spiro atoms. The molecule has 0 saturated carbocycles. The van der Waals surface area contributed by atoms with Gasteiger partial charge < -0.3 is 0 Å². The molecule has 0 amide bonds. The Bertz CT molecular complexity index is 429. The molecule has 0 N–H and O–H groups in total. The van der Waals surface area contributed by atoms with E-state index in [1.54, 1.807) is 0 Å². The van der Waals surface area contributed by atoms with Crippen molar-refractivity contribution in [3.05, 3.63) is 29.8 Å². The summed E-state index contributed by atoms with van der Waals surface area (Å²) in [6.07, 6.45) is 4.03. The van der Waals surface area contributed by atoms with E-state index < -0.39 is 0 Å². The Kier molecular flexibility index (Phi) is 1.40. The smallest absolute Gasteiger partial charge is 0.235 e. The summed E-state index contributed by atoms with van der Waals surface area (Å²) < 4.78 is 4.09. The zero-order valence-electron chi connectivity index (χ0n) is 7.57. The first-order chi connectivity index (χ1) is 5.68. The van der Waals surface area contributed by atoms with Crippen LogP contribution in [0.3, 0.4) is 0 Å². The van der Waals surface area contributed by atoms with Gasteiger partial charge in [-0.3, -0.25) is 0 Å². The molecule has 0 radical (unpaired) electrons. The molecule has 62 valence electrons. The molecular weight excluding hydrogens is 150 g/mol. The standard InChI is InChI=1S/C9H12N3/c1-7-6-8(2)12-5-4-11(3)9(12)10-7/h4-6H,1-3H3/q+1. The highest BCUT2D eigenvalue weighted by Gasteiger charge is 2.10. The van der Waals surface area contributed by atoms with E-state index in [4.69, 9.17) is 0 Å². The highest BCUT2D eigenvalue weighted by atomic mass is 15.2. The van der Waals surface area contributed by atoms with Crippen LogP contribution in [0.15, 0.2) is 18.5 Å². The molecule has 0 bridgehead atoms. The summed E-state index contributed by atoms with van der Waals surface area (Å²) in [6.45, 7) is 4.10. The van der Waals surface area contributed by atoms with Gasteiger partial charge in [0.05, 0.1) is 18.9 Å². The monoisotopic (exact) mass is 162 g/mol. The van der Waals surface area contributed by atoms with Gasteiger partial charge in [-0.2, -0.15) is 0 Å². The average Bonchev–Trinajstić information content (AvgIpc) is 2.33. The number of fused-ring (bicyclic) bond motifs is 1. The van der Waals surface area contributed by atoms with Crippen LogP contribution in [0.1, 0.15) is 11.4 Å². The highest BCUT2D eigenvalue weighted by molar-refractivity contribution is 5.26. The summed E-state index contributed by atoms with van der Waals surface area (Å²) in [5, 5.41) is 0. The second-order valence-electron chi connectivity index (χ2n) is 3.12. The fraction of sp³-hybridized carbons (Fsp3) is 0.333. The molecule has 12 heavy (non-hydrogen) atoms. The van der Waals surface area contributed by atoms with E-state index in [-0.39, 0.29) is 0 Å². The number of hydrogen-bond donors (Lipinski definition) is 0. The lowest BCUT2D eigenvalue weighted by molar-refractivity contribution is -0.646. The van der Waals surface area contributed by atoms with Gasteiger partial charge in [0.25, 0.3) is 0 Å². The van der Waals surface area contributed by atoms with Crippen LogP contribution in [0.25, 0.3) is 5.78 Å². The van der Waals surface area contributed by atoms with E-state index in [1.165, 1.54) is 5.69 Å². The van der Waals surface area contributed by atoms with Crippen LogP contribution in [0.4, 0.5) is 0 Å². The van der Waals surface area contributed by atoms with Crippen LogP contribution in [0.5, 0.6) is 0 Å². The number of rotatable bonds is 0. The molecule has 0 aliphatic rings. The topological polar surface area (TPSA) is 21.2 Å². The predicted octanol–water partition coefficient (Wildman–Crippen LogP) is 0.776. The second-order valence-corrected chi connectivity index (χ2v) is 3.12. The molecule has 3 nitrogen and oxygen atoms in total. The molecule has 0 saturated heterocycles. The van der Waals surface area contributed by atoms with Crippen molar-refractivity contribution in [3.63, 3.8) is 0 Å². The van der Waals surface area contributed by atoms with Crippen molar-refractivity contribution in [3.8, 4) is 0 Å². The van der Waals surface area contributed by atoms with E-state index in [0.717, 1.165) is 11.5 Å². The third-order valence-corrected chi connectivity index (χ3v) is 2.04. The normalized spacial score (nSPS) is 10.9. The zero-order chi connectivity index (χ0) is 8.72. The highest BCUT2D eigenvalue weighted by Crippen LogP contribution is 2.02. The number of imidazole rings is 1. The SMILES string of the molecule is Cc1cc(C)n2cc[n+](C)c2n1. The minimum Gasteiger partial charge on any atom is -0.235 e. The molecule has 3 heteroatoms. The Labute approximate surface area is 71.3 Å². The van der Waals surface area contributed by atoms with Gasteiger partial charge >= 0.3 is 5.78 Å². The van der Waals surface area contributed by atoms with Crippen LogP contribution in [0.2, 0.25) is 0 Å². The maximum atomic E-state index is 4.42. The van der Waals surface area contributed by atoms with Crippen molar-refractivity contribution in [2.24, 2.45) is 7.05 Å².